The number of aromatic carboxylic acids is 1. The van der Waals surface area contributed by atoms with Crippen molar-refractivity contribution in [3.05, 3.63) is 81.6 Å². The topological polar surface area (TPSA) is 97.7 Å². The van der Waals surface area contributed by atoms with Gasteiger partial charge in [-0.1, -0.05) is 12.1 Å². The van der Waals surface area contributed by atoms with Gasteiger partial charge in [-0.2, -0.15) is 0 Å². The third-order valence-electron chi connectivity index (χ3n) is 4.62. The number of rotatable bonds is 5. The molecular formula is C22H17IN2O4. The largest absolute Gasteiger partial charge is 0.507 e. The summed E-state index contributed by atoms with van der Waals surface area (Å²) in [4.78, 5) is 11.1. The predicted molar refractivity (Wildman–Crippen MR) is 120 cm³/mol. The molecule has 29 heavy (non-hydrogen) atoms. The third kappa shape index (κ3) is 3.86. The van der Waals surface area contributed by atoms with E-state index in [0.29, 0.717) is 23.7 Å². The molecule has 7 heteroatoms. The molecule has 0 saturated carbocycles. The fourth-order valence-corrected chi connectivity index (χ4v) is 3.49. The van der Waals surface area contributed by atoms with Crippen LogP contribution in [0.15, 0.2) is 66.9 Å². The molecule has 0 radical (unpaired) electrons. The van der Waals surface area contributed by atoms with Crippen molar-refractivity contribution in [2.75, 3.05) is 5.73 Å². The van der Waals surface area contributed by atoms with E-state index in [1.807, 2.05) is 42.5 Å². The Labute approximate surface area is 180 Å². The number of ether oxygens (including phenoxy) is 1. The molecule has 0 amide bonds. The number of hydrogen-bond donors (Lipinski definition) is 3. The Bertz CT molecular complexity index is 1220. The number of hydrogen-bond acceptors (Lipinski definition) is 4. The van der Waals surface area contributed by atoms with Crippen molar-refractivity contribution < 1.29 is 19.7 Å². The van der Waals surface area contributed by atoms with Crippen LogP contribution in [0.2, 0.25) is 0 Å². The Morgan fingerprint density at radius 2 is 1.83 bits per heavy atom. The minimum absolute atomic E-state index is 0.153. The zero-order valence-electron chi connectivity index (χ0n) is 15.2. The molecule has 0 aliphatic carbocycles. The Kier molecular flexibility index (Phi) is 5.06. The second-order valence-corrected chi connectivity index (χ2v) is 7.80. The second-order valence-electron chi connectivity index (χ2n) is 6.56. The molecule has 0 fully saturated rings. The Morgan fingerprint density at radius 1 is 1.07 bits per heavy atom. The van der Waals surface area contributed by atoms with Crippen LogP contribution in [-0.4, -0.2) is 20.7 Å². The van der Waals surface area contributed by atoms with Gasteiger partial charge in [0.1, 0.15) is 23.7 Å². The lowest BCUT2D eigenvalue weighted by Gasteiger charge is -2.10. The highest BCUT2D eigenvalue weighted by molar-refractivity contribution is 14.1. The monoisotopic (exact) mass is 500 g/mol. The molecule has 0 unspecified atom stereocenters. The van der Waals surface area contributed by atoms with E-state index in [4.69, 9.17) is 15.6 Å². The number of carboxylic acids is 1. The summed E-state index contributed by atoms with van der Waals surface area (Å²) in [5.41, 5.74) is 9.02. The summed E-state index contributed by atoms with van der Waals surface area (Å²) in [6.45, 7) is 0.437. The standard InChI is InChI=1S/C22H17IN2O4/c23-14-3-1-13(2-4-14)12-29-16-6-8-17-19(24)11-25(20(17)10-16)15-5-7-18(22(27)28)21(26)9-15/h1-11,26H,12,24H2,(H,27,28). The molecule has 0 spiro atoms. The maximum Gasteiger partial charge on any atom is 0.339 e. The fourth-order valence-electron chi connectivity index (χ4n) is 3.13. The molecule has 1 heterocycles. The van der Waals surface area contributed by atoms with Gasteiger partial charge >= 0.3 is 5.97 Å². The van der Waals surface area contributed by atoms with Gasteiger partial charge in [0.05, 0.1) is 11.2 Å². The van der Waals surface area contributed by atoms with Crippen LogP contribution in [0, 0.1) is 3.57 Å². The Hall–Kier alpha value is -3.20. The van der Waals surface area contributed by atoms with Crippen molar-refractivity contribution in [1.29, 1.82) is 0 Å². The molecule has 4 rings (SSSR count). The van der Waals surface area contributed by atoms with E-state index in [9.17, 15) is 9.90 Å². The van der Waals surface area contributed by atoms with Gasteiger partial charge < -0.3 is 25.3 Å². The van der Waals surface area contributed by atoms with Crippen LogP contribution in [0.5, 0.6) is 11.5 Å². The van der Waals surface area contributed by atoms with Gasteiger partial charge in [-0.3, -0.25) is 0 Å². The highest BCUT2D eigenvalue weighted by Gasteiger charge is 2.13. The predicted octanol–water partition coefficient (Wildman–Crippen LogP) is 4.80. The summed E-state index contributed by atoms with van der Waals surface area (Å²) < 4.78 is 8.90. The first-order valence-electron chi connectivity index (χ1n) is 8.77. The molecule has 0 bridgehead atoms. The molecule has 4 N–H and O–H groups in total. The number of nitrogens with zero attached hydrogens (tertiary/aromatic N) is 1. The number of carboxylic acid groups (broad SMARTS) is 1. The zero-order chi connectivity index (χ0) is 20.5. The number of nitrogen functional groups attached to an aromatic ring is 1. The normalized spacial score (nSPS) is 10.9. The van der Waals surface area contributed by atoms with Crippen LogP contribution < -0.4 is 10.5 Å². The summed E-state index contributed by atoms with van der Waals surface area (Å²) >= 11 is 2.26. The van der Waals surface area contributed by atoms with Crippen molar-refractivity contribution in [3.63, 3.8) is 0 Å². The third-order valence-corrected chi connectivity index (χ3v) is 5.34. The van der Waals surface area contributed by atoms with Crippen LogP contribution in [0.3, 0.4) is 0 Å². The number of halogens is 1. The van der Waals surface area contributed by atoms with Crippen molar-refractivity contribution in [2.45, 2.75) is 6.61 Å². The highest BCUT2D eigenvalue weighted by Crippen LogP contribution is 2.32. The van der Waals surface area contributed by atoms with Crippen molar-refractivity contribution >= 4 is 45.2 Å². The average Bonchev–Trinajstić information content (AvgIpc) is 3.03. The Morgan fingerprint density at radius 3 is 2.52 bits per heavy atom. The van der Waals surface area contributed by atoms with Crippen molar-refractivity contribution in [2.24, 2.45) is 0 Å². The SMILES string of the molecule is Nc1cn(-c2ccc(C(=O)O)c(O)c2)c2cc(OCc3ccc(I)cc3)ccc12. The molecule has 6 nitrogen and oxygen atoms in total. The van der Waals surface area contributed by atoms with Gasteiger partial charge in [0.25, 0.3) is 0 Å². The van der Waals surface area contributed by atoms with Crippen LogP contribution in [0.25, 0.3) is 16.6 Å². The van der Waals surface area contributed by atoms with Crippen molar-refractivity contribution in [1.82, 2.24) is 4.57 Å². The lowest BCUT2D eigenvalue weighted by Crippen LogP contribution is -1.99. The van der Waals surface area contributed by atoms with Gasteiger partial charge in [0.2, 0.25) is 0 Å². The first-order valence-corrected chi connectivity index (χ1v) is 9.85. The van der Waals surface area contributed by atoms with E-state index in [1.54, 1.807) is 16.8 Å². The quantitative estimate of drug-likeness (QED) is 0.342. The van der Waals surface area contributed by atoms with Crippen LogP contribution in [0.4, 0.5) is 5.69 Å². The van der Waals surface area contributed by atoms with Gasteiger partial charge in [0, 0.05) is 33.0 Å². The van der Waals surface area contributed by atoms with Gasteiger partial charge in [-0.05, 0) is 64.6 Å². The fraction of sp³-hybridized carbons (Fsp3) is 0.0455. The summed E-state index contributed by atoms with van der Waals surface area (Å²) in [6.07, 6.45) is 1.74. The summed E-state index contributed by atoms with van der Waals surface area (Å²) in [5.74, 6) is -0.805. The summed E-state index contributed by atoms with van der Waals surface area (Å²) in [5, 5.41) is 20.0. The maximum atomic E-state index is 11.1. The minimum Gasteiger partial charge on any atom is -0.507 e. The highest BCUT2D eigenvalue weighted by atomic mass is 127. The minimum atomic E-state index is -1.18. The number of fused-ring (bicyclic) bond motifs is 1. The zero-order valence-corrected chi connectivity index (χ0v) is 17.3. The Balaban J connectivity index is 1.68. The van der Waals surface area contributed by atoms with Gasteiger partial charge in [-0.15, -0.1) is 0 Å². The van der Waals surface area contributed by atoms with Crippen LogP contribution in [-0.2, 0) is 6.61 Å². The number of phenols is 1. The number of benzene rings is 3. The van der Waals surface area contributed by atoms with E-state index >= 15 is 0 Å². The van der Waals surface area contributed by atoms with E-state index in [0.717, 1.165) is 16.5 Å². The number of anilines is 1. The second kappa shape index (κ2) is 7.67. The number of aromatic hydroxyl groups is 1. The van der Waals surface area contributed by atoms with Gasteiger partial charge in [-0.25, -0.2) is 4.79 Å². The summed E-state index contributed by atoms with van der Waals surface area (Å²) in [7, 11) is 0. The van der Waals surface area contributed by atoms with E-state index < -0.39 is 5.97 Å². The molecule has 3 aromatic carbocycles. The lowest BCUT2D eigenvalue weighted by atomic mass is 10.1. The number of carbonyl (C=O) groups is 1. The first kappa shape index (κ1) is 19.1. The molecule has 0 aliphatic heterocycles. The summed E-state index contributed by atoms with van der Waals surface area (Å²) in [6, 6.07) is 18.1. The lowest BCUT2D eigenvalue weighted by molar-refractivity contribution is 0.0693. The van der Waals surface area contributed by atoms with Crippen LogP contribution >= 0.6 is 22.6 Å². The molecule has 0 atom stereocenters. The average molecular weight is 500 g/mol. The molecule has 0 aliphatic rings. The van der Waals surface area contributed by atoms with Crippen molar-refractivity contribution in [3.8, 4) is 17.2 Å². The van der Waals surface area contributed by atoms with E-state index in [2.05, 4.69) is 22.6 Å². The van der Waals surface area contributed by atoms with Crippen LogP contribution in [0.1, 0.15) is 15.9 Å². The number of nitrogens with two attached hydrogens (primary N) is 1. The molecule has 1 aromatic heterocycles. The first-order chi connectivity index (χ1) is 13.9. The van der Waals surface area contributed by atoms with E-state index in [-0.39, 0.29) is 11.3 Å². The molecule has 4 aromatic rings. The maximum absolute atomic E-state index is 11.1. The molecular weight excluding hydrogens is 483 g/mol. The number of aromatic nitrogens is 1. The van der Waals surface area contributed by atoms with Gasteiger partial charge in [0.15, 0.2) is 0 Å². The molecule has 0 saturated heterocycles. The smallest absolute Gasteiger partial charge is 0.339 e. The van der Waals surface area contributed by atoms with E-state index in [1.165, 1.54) is 15.7 Å². The molecule has 146 valence electrons.